The summed E-state index contributed by atoms with van der Waals surface area (Å²) >= 11 is 0. The van der Waals surface area contributed by atoms with Crippen LogP contribution in [0.1, 0.15) is 316 Å². The molecular weight excluding hydrogens is 949 g/mol. The van der Waals surface area contributed by atoms with E-state index in [0.717, 1.165) is 122 Å². The first-order valence-electron chi connectivity index (χ1n) is 32.7. The molecule has 0 aromatic rings. The van der Waals surface area contributed by atoms with Gasteiger partial charge in [-0.3, -0.25) is 14.4 Å². The van der Waals surface area contributed by atoms with Gasteiger partial charge in [-0.15, -0.1) is 0 Å². The van der Waals surface area contributed by atoms with Crippen LogP contribution < -0.4 is 0 Å². The minimum Gasteiger partial charge on any atom is -0.462 e. The summed E-state index contributed by atoms with van der Waals surface area (Å²) in [5.74, 6) is -0.885. The zero-order valence-electron chi connectivity index (χ0n) is 50.7. The van der Waals surface area contributed by atoms with Gasteiger partial charge in [0, 0.05) is 19.3 Å². The van der Waals surface area contributed by atoms with Crippen LogP contribution in [0, 0.1) is 0 Å². The molecule has 0 saturated heterocycles. The van der Waals surface area contributed by atoms with E-state index >= 15 is 0 Å². The molecule has 0 N–H and O–H groups in total. The summed E-state index contributed by atoms with van der Waals surface area (Å²) in [5, 5.41) is 0. The van der Waals surface area contributed by atoms with E-state index in [-0.39, 0.29) is 31.1 Å². The van der Waals surface area contributed by atoms with E-state index in [0.29, 0.717) is 19.3 Å². The van der Waals surface area contributed by atoms with Crippen LogP contribution in [0.5, 0.6) is 0 Å². The smallest absolute Gasteiger partial charge is 0.306 e. The molecule has 0 bridgehead atoms. The van der Waals surface area contributed by atoms with Gasteiger partial charge >= 0.3 is 17.9 Å². The van der Waals surface area contributed by atoms with Crippen molar-refractivity contribution in [2.45, 2.75) is 322 Å². The molecule has 0 heterocycles. The molecule has 6 heteroatoms. The van der Waals surface area contributed by atoms with E-state index in [1.165, 1.54) is 154 Å². The molecule has 0 fully saturated rings. The van der Waals surface area contributed by atoms with Gasteiger partial charge in [0.15, 0.2) is 6.10 Å². The normalized spacial score (nSPS) is 12.7. The molecule has 0 saturated carbocycles. The Balaban J connectivity index is 4.14. The van der Waals surface area contributed by atoms with Crippen molar-refractivity contribution < 1.29 is 28.6 Å². The molecule has 1 atom stereocenters. The first-order valence-corrected chi connectivity index (χ1v) is 32.7. The Labute approximate surface area is 477 Å². The topological polar surface area (TPSA) is 78.9 Å². The summed E-state index contributed by atoms with van der Waals surface area (Å²) in [5.41, 5.74) is 0. The number of hydrogen-bond acceptors (Lipinski definition) is 6. The van der Waals surface area contributed by atoms with Crippen LogP contribution in [-0.4, -0.2) is 37.2 Å². The summed E-state index contributed by atoms with van der Waals surface area (Å²) in [7, 11) is 0. The van der Waals surface area contributed by atoms with Gasteiger partial charge in [0.05, 0.1) is 0 Å². The minimum atomic E-state index is -0.782. The first-order chi connectivity index (χ1) is 38.0. The second kappa shape index (κ2) is 64.9. The predicted molar refractivity (Wildman–Crippen MR) is 334 cm³/mol. The summed E-state index contributed by atoms with van der Waals surface area (Å²) < 4.78 is 16.9. The zero-order valence-corrected chi connectivity index (χ0v) is 50.7. The van der Waals surface area contributed by atoms with Gasteiger partial charge in [-0.1, -0.05) is 291 Å². The molecule has 0 spiro atoms. The lowest BCUT2D eigenvalue weighted by Crippen LogP contribution is -2.30. The number of hydrogen-bond donors (Lipinski definition) is 0. The molecule has 442 valence electrons. The minimum absolute atomic E-state index is 0.0792. The summed E-state index contributed by atoms with van der Waals surface area (Å²) in [6.45, 7) is 6.51. The zero-order chi connectivity index (χ0) is 55.7. The third-order valence-corrected chi connectivity index (χ3v) is 14.1. The van der Waals surface area contributed by atoms with Gasteiger partial charge < -0.3 is 14.2 Å². The third-order valence-electron chi connectivity index (χ3n) is 14.1. The summed E-state index contributed by atoms with van der Waals surface area (Å²) in [6.07, 6.45) is 87.1. The van der Waals surface area contributed by atoms with Gasteiger partial charge in [-0.05, 0) is 103 Å². The number of carbonyl (C=O) groups excluding carboxylic acids is 3. The number of esters is 3. The first kappa shape index (κ1) is 73.3. The van der Waals surface area contributed by atoms with Gasteiger partial charge in [0.1, 0.15) is 13.2 Å². The highest BCUT2D eigenvalue weighted by molar-refractivity contribution is 5.71. The molecule has 0 aromatic carbocycles. The summed E-state index contributed by atoms with van der Waals surface area (Å²) in [4.78, 5) is 38.2. The standard InChI is InChI=1S/C71H122O6/c1-4-7-10-13-16-19-22-24-26-28-29-30-31-32-33-34-35-36-37-38-39-40-41-42-43-44-46-47-49-52-55-58-61-64-70(73)76-67-68(66-75-69(72)63-60-57-54-51-21-18-15-12-9-6-3)77-71(74)65-62-59-56-53-50-48-45-27-25-23-20-17-14-11-8-5-2/h7,10,16,19-20,23-24,26-27,29-30,32-33,35-36,45,68H,4-6,8-9,11-15,17-18,21-22,25,28,31,34,37-44,46-67H2,1-3H3/b10-7-,19-16-,23-20-,26-24-,30-29-,33-32-,36-35-,45-27-. The molecule has 77 heavy (non-hydrogen) atoms. The van der Waals surface area contributed by atoms with Crippen LogP contribution in [0.3, 0.4) is 0 Å². The van der Waals surface area contributed by atoms with Crippen molar-refractivity contribution in [1.82, 2.24) is 0 Å². The molecule has 6 nitrogen and oxygen atoms in total. The molecule has 0 radical (unpaired) electrons. The maximum absolute atomic E-state index is 12.9. The van der Waals surface area contributed by atoms with E-state index in [1.807, 2.05) is 0 Å². The molecule has 0 aliphatic carbocycles. The molecular formula is C71H122O6. The average molecular weight is 1070 g/mol. The number of unbranched alkanes of at least 4 members (excludes halogenated alkanes) is 32. The van der Waals surface area contributed by atoms with Crippen molar-refractivity contribution in [3.63, 3.8) is 0 Å². The molecule has 0 aliphatic rings. The predicted octanol–water partition coefficient (Wildman–Crippen LogP) is 22.4. The Morgan fingerprint density at radius 3 is 0.805 bits per heavy atom. The van der Waals surface area contributed by atoms with Crippen LogP contribution in [0.15, 0.2) is 97.2 Å². The van der Waals surface area contributed by atoms with E-state index in [2.05, 4.69) is 118 Å². The van der Waals surface area contributed by atoms with Crippen LogP contribution in [0.25, 0.3) is 0 Å². The number of rotatable bonds is 59. The molecule has 0 aromatic heterocycles. The fourth-order valence-electron chi connectivity index (χ4n) is 9.18. The van der Waals surface area contributed by atoms with Crippen molar-refractivity contribution in [2.24, 2.45) is 0 Å². The molecule has 0 amide bonds. The Morgan fingerprint density at radius 1 is 0.273 bits per heavy atom. The van der Waals surface area contributed by atoms with Crippen molar-refractivity contribution in [3.05, 3.63) is 97.2 Å². The number of allylic oxidation sites excluding steroid dienone is 16. The summed E-state index contributed by atoms with van der Waals surface area (Å²) in [6, 6.07) is 0. The van der Waals surface area contributed by atoms with Crippen LogP contribution in [0.2, 0.25) is 0 Å². The highest BCUT2D eigenvalue weighted by Crippen LogP contribution is 2.16. The van der Waals surface area contributed by atoms with Crippen LogP contribution >= 0.6 is 0 Å². The van der Waals surface area contributed by atoms with Gasteiger partial charge in [-0.2, -0.15) is 0 Å². The van der Waals surface area contributed by atoms with Gasteiger partial charge in [0.25, 0.3) is 0 Å². The van der Waals surface area contributed by atoms with E-state index in [4.69, 9.17) is 14.2 Å². The Morgan fingerprint density at radius 2 is 0.506 bits per heavy atom. The van der Waals surface area contributed by atoms with E-state index in [1.54, 1.807) is 0 Å². The third kappa shape index (κ3) is 63.0. The highest BCUT2D eigenvalue weighted by Gasteiger charge is 2.19. The lowest BCUT2D eigenvalue weighted by Gasteiger charge is -2.18. The van der Waals surface area contributed by atoms with Crippen molar-refractivity contribution in [2.75, 3.05) is 13.2 Å². The van der Waals surface area contributed by atoms with Crippen molar-refractivity contribution in [3.8, 4) is 0 Å². The lowest BCUT2D eigenvalue weighted by atomic mass is 10.0. The second-order valence-electron chi connectivity index (χ2n) is 21.6. The largest absolute Gasteiger partial charge is 0.462 e. The average Bonchev–Trinajstić information content (AvgIpc) is 3.43. The second-order valence-corrected chi connectivity index (χ2v) is 21.6. The Bertz CT molecular complexity index is 1510. The lowest BCUT2D eigenvalue weighted by molar-refractivity contribution is -0.167. The van der Waals surface area contributed by atoms with Crippen molar-refractivity contribution in [1.29, 1.82) is 0 Å². The highest BCUT2D eigenvalue weighted by atomic mass is 16.6. The quantitative estimate of drug-likeness (QED) is 0.0261. The Kier molecular flexibility index (Phi) is 61.8. The monoisotopic (exact) mass is 1070 g/mol. The SMILES string of the molecule is CC/C=C\C/C=C\C/C=C\C/C=C\C/C=C\C/C=C\CCCCCCCCCCCCCCCCC(=O)OCC(COC(=O)CCCCCCCCCCCC)OC(=O)CCCCCCC/C=C\C/C=C\CCCCCC. The molecule has 0 aliphatic heterocycles. The maximum Gasteiger partial charge on any atom is 0.306 e. The van der Waals surface area contributed by atoms with Gasteiger partial charge in [-0.25, -0.2) is 0 Å². The van der Waals surface area contributed by atoms with Crippen LogP contribution in [-0.2, 0) is 28.6 Å². The van der Waals surface area contributed by atoms with Gasteiger partial charge in [0.2, 0.25) is 0 Å². The molecule has 0 rings (SSSR count). The Hall–Kier alpha value is -3.67. The maximum atomic E-state index is 12.9. The molecule has 1 unspecified atom stereocenters. The van der Waals surface area contributed by atoms with Crippen molar-refractivity contribution >= 4 is 17.9 Å². The fourth-order valence-corrected chi connectivity index (χ4v) is 9.18. The number of ether oxygens (including phenoxy) is 3. The van der Waals surface area contributed by atoms with E-state index in [9.17, 15) is 14.4 Å². The number of carbonyl (C=O) groups is 3. The fraction of sp³-hybridized carbons (Fsp3) is 0.732. The van der Waals surface area contributed by atoms with E-state index < -0.39 is 6.10 Å². The van der Waals surface area contributed by atoms with Crippen LogP contribution in [0.4, 0.5) is 0 Å².